The van der Waals surface area contributed by atoms with Gasteiger partial charge >= 0.3 is 0 Å². The van der Waals surface area contributed by atoms with Crippen molar-refractivity contribution in [1.29, 1.82) is 0 Å². The Hall–Kier alpha value is -1.46. The van der Waals surface area contributed by atoms with Crippen LogP contribution in [0.2, 0.25) is 0 Å². The van der Waals surface area contributed by atoms with Gasteiger partial charge in [0.2, 0.25) is 5.91 Å². The monoisotopic (exact) mass is 250 g/mol. The number of aromatic nitrogens is 1. The highest BCUT2D eigenvalue weighted by atomic mass is 16.2. The maximum atomic E-state index is 11.7. The van der Waals surface area contributed by atoms with Crippen LogP contribution in [0, 0.1) is 0 Å². The molecular formula is C13H22N4O. The van der Waals surface area contributed by atoms with Gasteiger partial charge in [0.1, 0.15) is 0 Å². The lowest BCUT2D eigenvalue weighted by Gasteiger charge is -2.26. The van der Waals surface area contributed by atoms with Crippen molar-refractivity contribution in [1.82, 2.24) is 15.2 Å². The molecule has 1 unspecified atom stereocenters. The summed E-state index contributed by atoms with van der Waals surface area (Å²) in [5.74, 6) is 0.00174. The fraction of sp³-hybridized carbons (Fsp3) is 0.538. The SMILES string of the molecule is CC(C)NC(=O)CN(C)C(CN)c1ccccn1. The summed E-state index contributed by atoms with van der Waals surface area (Å²) in [5, 5.41) is 2.86. The van der Waals surface area contributed by atoms with Gasteiger partial charge in [-0.3, -0.25) is 14.7 Å². The van der Waals surface area contributed by atoms with Gasteiger partial charge in [-0.15, -0.1) is 0 Å². The summed E-state index contributed by atoms with van der Waals surface area (Å²) < 4.78 is 0. The lowest BCUT2D eigenvalue weighted by molar-refractivity contribution is -0.122. The summed E-state index contributed by atoms with van der Waals surface area (Å²) in [5.41, 5.74) is 6.66. The highest BCUT2D eigenvalue weighted by Gasteiger charge is 2.18. The minimum Gasteiger partial charge on any atom is -0.353 e. The second-order valence-corrected chi connectivity index (χ2v) is 4.64. The van der Waals surface area contributed by atoms with Gasteiger partial charge in [-0.2, -0.15) is 0 Å². The Morgan fingerprint density at radius 2 is 2.22 bits per heavy atom. The maximum absolute atomic E-state index is 11.7. The van der Waals surface area contributed by atoms with Gasteiger partial charge in [0.05, 0.1) is 18.3 Å². The van der Waals surface area contributed by atoms with E-state index in [0.717, 1.165) is 5.69 Å². The number of carbonyl (C=O) groups excluding carboxylic acids is 1. The van der Waals surface area contributed by atoms with Crippen molar-refractivity contribution in [2.24, 2.45) is 5.73 Å². The minimum absolute atomic E-state index is 0.00174. The normalized spacial score (nSPS) is 12.8. The largest absolute Gasteiger partial charge is 0.353 e. The van der Waals surface area contributed by atoms with Gasteiger partial charge in [0.25, 0.3) is 0 Å². The summed E-state index contributed by atoms with van der Waals surface area (Å²) in [6.07, 6.45) is 1.74. The highest BCUT2D eigenvalue weighted by Crippen LogP contribution is 2.14. The van der Waals surface area contributed by atoms with Crippen LogP contribution in [0.25, 0.3) is 0 Å². The van der Waals surface area contributed by atoms with Crippen molar-refractivity contribution in [2.45, 2.75) is 25.9 Å². The molecule has 0 radical (unpaired) electrons. The van der Waals surface area contributed by atoms with Crippen molar-refractivity contribution in [3.8, 4) is 0 Å². The number of amides is 1. The van der Waals surface area contributed by atoms with E-state index in [0.29, 0.717) is 13.1 Å². The number of nitrogens with zero attached hydrogens (tertiary/aromatic N) is 2. The molecule has 0 aliphatic rings. The van der Waals surface area contributed by atoms with E-state index < -0.39 is 0 Å². The summed E-state index contributed by atoms with van der Waals surface area (Å²) in [6.45, 7) is 4.63. The Labute approximate surface area is 108 Å². The van der Waals surface area contributed by atoms with Crippen LogP contribution < -0.4 is 11.1 Å². The molecule has 1 aromatic heterocycles. The molecule has 0 aliphatic heterocycles. The topological polar surface area (TPSA) is 71.2 Å². The highest BCUT2D eigenvalue weighted by molar-refractivity contribution is 5.78. The average molecular weight is 250 g/mol. The molecule has 5 nitrogen and oxygen atoms in total. The first-order chi connectivity index (χ1) is 8.54. The molecule has 18 heavy (non-hydrogen) atoms. The Kier molecular flexibility index (Phi) is 5.74. The molecule has 1 amide bonds. The molecule has 0 fully saturated rings. The molecule has 5 heteroatoms. The molecule has 0 aromatic carbocycles. The second kappa shape index (κ2) is 7.08. The fourth-order valence-electron chi connectivity index (χ4n) is 1.80. The molecule has 0 bridgehead atoms. The fourth-order valence-corrected chi connectivity index (χ4v) is 1.80. The third kappa shape index (κ3) is 4.43. The molecule has 0 spiro atoms. The van der Waals surface area contributed by atoms with Gasteiger partial charge in [-0.1, -0.05) is 6.07 Å². The van der Waals surface area contributed by atoms with Gasteiger partial charge < -0.3 is 11.1 Å². The summed E-state index contributed by atoms with van der Waals surface area (Å²) in [7, 11) is 1.88. The van der Waals surface area contributed by atoms with Crippen LogP contribution in [-0.4, -0.2) is 42.0 Å². The molecule has 1 atom stereocenters. The molecule has 3 N–H and O–H groups in total. The molecule has 1 aromatic rings. The number of rotatable bonds is 6. The number of hydrogen-bond acceptors (Lipinski definition) is 4. The van der Waals surface area contributed by atoms with Gasteiger partial charge in [-0.25, -0.2) is 0 Å². The number of likely N-dealkylation sites (N-methyl/N-ethyl adjacent to an activating group) is 1. The predicted molar refractivity (Wildman–Crippen MR) is 71.9 cm³/mol. The van der Waals surface area contributed by atoms with E-state index in [9.17, 15) is 4.79 Å². The van der Waals surface area contributed by atoms with E-state index >= 15 is 0 Å². The predicted octanol–water partition coefficient (Wildman–Crippen LogP) is 0.538. The van der Waals surface area contributed by atoms with E-state index in [1.54, 1.807) is 6.20 Å². The van der Waals surface area contributed by atoms with Crippen LogP contribution in [0.15, 0.2) is 24.4 Å². The van der Waals surface area contributed by atoms with E-state index in [-0.39, 0.29) is 18.0 Å². The Morgan fingerprint density at radius 3 is 2.72 bits per heavy atom. The summed E-state index contributed by atoms with van der Waals surface area (Å²) >= 11 is 0. The second-order valence-electron chi connectivity index (χ2n) is 4.64. The molecule has 0 aliphatic carbocycles. The zero-order chi connectivity index (χ0) is 13.5. The Morgan fingerprint density at radius 1 is 1.50 bits per heavy atom. The maximum Gasteiger partial charge on any atom is 0.234 e. The number of hydrogen-bond donors (Lipinski definition) is 2. The van der Waals surface area contributed by atoms with Crippen LogP contribution in [0.5, 0.6) is 0 Å². The lowest BCUT2D eigenvalue weighted by atomic mass is 10.1. The number of carbonyl (C=O) groups is 1. The molecule has 0 saturated heterocycles. The van der Waals surface area contributed by atoms with Crippen molar-refractivity contribution in [2.75, 3.05) is 20.1 Å². The lowest BCUT2D eigenvalue weighted by Crippen LogP contribution is -2.41. The zero-order valence-electron chi connectivity index (χ0n) is 11.3. The van der Waals surface area contributed by atoms with Crippen LogP contribution in [-0.2, 0) is 4.79 Å². The smallest absolute Gasteiger partial charge is 0.234 e. The third-order valence-corrected chi connectivity index (χ3v) is 2.63. The minimum atomic E-state index is -0.0379. The van der Waals surface area contributed by atoms with E-state index in [4.69, 9.17) is 5.73 Å². The molecular weight excluding hydrogens is 228 g/mol. The van der Waals surface area contributed by atoms with Crippen LogP contribution in [0.3, 0.4) is 0 Å². The van der Waals surface area contributed by atoms with Crippen LogP contribution in [0.4, 0.5) is 0 Å². The molecule has 100 valence electrons. The van der Waals surface area contributed by atoms with Crippen molar-refractivity contribution in [3.63, 3.8) is 0 Å². The first kappa shape index (κ1) is 14.6. The van der Waals surface area contributed by atoms with E-state index in [1.807, 2.05) is 44.0 Å². The standard InChI is InChI=1S/C13H22N4O/c1-10(2)16-13(18)9-17(3)12(8-14)11-6-4-5-7-15-11/h4-7,10,12H,8-9,14H2,1-3H3,(H,16,18). The zero-order valence-corrected chi connectivity index (χ0v) is 11.3. The van der Waals surface area contributed by atoms with E-state index in [2.05, 4.69) is 10.3 Å². The van der Waals surface area contributed by atoms with Crippen molar-refractivity contribution in [3.05, 3.63) is 30.1 Å². The average Bonchev–Trinajstić information content (AvgIpc) is 2.29. The van der Waals surface area contributed by atoms with Crippen molar-refractivity contribution < 1.29 is 4.79 Å². The first-order valence-corrected chi connectivity index (χ1v) is 6.15. The quantitative estimate of drug-likeness (QED) is 0.773. The number of pyridine rings is 1. The first-order valence-electron chi connectivity index (χ1n) is 6.15. The third-order valence-electron chi connectivity index (χ3n) is 2.63. The Bertz CT molecular complexity index is 367. The van der Waals surface area contributed by atoms with E-state index in [1.165, 1.54) is 0 Å². The van der Waals surface area contributed by atoms with Crippen LogP contribution >= 0.6 is 0 Å². The summed E-state index contributed by atoms with van der Waals surface area (Å²) in [4.78, 5) is 17.9. The van der Waals surface area contributed by atoms with Crippen LogP contribution in [0.1, 0.15) is 25.6 Å². The van der Waals surface area contributed by atoms with Gasteiger partial charge in [0, 0.05) is 18.8 Å². The molecule has 0 saturated carbocycles. The number of nitrogens with two attached hydrogens (primary N) is 1. The number of nitrogens with one attached hydrogen (secondary N) is 1. The summed E-state index contributed by atoms with van der Waals surface area (Å²) in [6, 6.07) is 5.82. The van der Waals surface area contributed by atoms with Crippen molar-refractivity contribution >= 4 is 5.91 Å². The molecule has 1 heterocycles. The van der Waals surface area contributed by atoms with Gasteiger partial charge in [-0.05, 0) is 33.0 Å². The Balaban J connectivity index is 2.63. The molecule has 1 rings (SSSR count). The van der Waals surface area contributed by atoms with Gasteiger partial charge in [0.15, 0.2) is 0 Å².